The summed E-state index contributed by atoms with van der Waals surface area (Å²) in [5.74, 6) is 0.664. The fraction of sp³-hybridized carbons (Fsp3) is 0.625. The third kappa shape index (κ3) is 3.13. The molecule has 0 bridgehead atoms. The molecular weight excluding hydrogens is 256 g/mol. The zero-order valence-corrected chi connectivity index (χ0v) is 12.4. The van der Waals surface area contributed by atoms with Gasteiger partial charge in [-0.2, -0.15) is 0 Å². The number of hydrogen-bond donors (Lipinski definition) is 1. The van der Waals surface area contributed by atoms with Gasteiger partial charge in [0.15, 0.2) is 0 Å². The average Bonchev–Trinajstić information content (AvgIpc) is 2.37. The van der Waals surface area contributed by atoms with Crippen molar-refractivity contribution in [1.82, 2.24) is 10.2 Å². The number of halogens is 1. The second kappa shape index (κ2) is 5.82. The van der Waals surface area contributed by atoms with E-state index in [9.17, 15) is 0 Å². The summed E-state index contributed by atoms with van der Waals surface area (Å²) in [7, 11) is 2.22. The fourth-order valence-corrected chi connectivity index (χ4v) is 3.61. The molecule has 1 saturated heterocycles. The van der Waals surface area contributed by atoms with Gasteiger partial charge in [0, 0.05) is 17.1 Å². The first-order chi connectivity index (χ1) is 9.22. The molecule has 0 amide bonds. The van der Waals surface area contributed by atoms with Gasteiger partial charge in [-0.05, 0) is 63.4 Å². The Morgan fingerprint density at radius 3 is 2.47 bits per heavy atom. The third-order valence-electron chi connectivity index (χ3n) is 4.67. The van der Waals surface area contributed by atoms with Crippen LogP contribution in [0.25, 0.3) is 0 Å². The Hall–Kier alpha value is -0.570. The highest BCUT2D eigenvalue weighted by atomic mass is 35.5. The van der Waals surface area contributed by atoms with Crippen LogP contribution in [0.3, 0.4) is 0 Å². The second-order valence-corrected chi connectivity index (χ2v) is 6.54. The minimum Gasteiger partial charge on any atom is -0.311 e. The molecule has 0 unspecified atom stereocenters. The molecule has 1 aromatic rings. The van der Waals surface area contributed by atoms with Gasteiger partial charge in [0.1, 0.15) is 0 Å². The van der Waals surface area contributed by atoms with Crippen molar-refractivity contribution < 1.29 is 0 Å². The highest BCUT2D eigenvalue weighted by Crippen LogP contribution is 2.40. The molecule has 0 aromatic heterocycles. The Bertz CT molecular complexity index is 421. The first kappa shape index (κ1) is 13.4. The maximum absolute atomic E-state index is 6.26. The Morgan fingerprint density at radius 1 is 1.11 bits per heavy atom. The van der Waals surface area contributed by atoms with Gasteiger partial charge in [0.2, 0.25) is 0 Å². The summed E-state index contributed by atoms with van der Waals surface area (Å²) in [5, 5.41) is 4.76. The van der Waals surface area contributed by atoms with Gasteiger partial charge in [-0.15, -0.1) is 0 Å². The Labute approximate surface area is 121 Å². The summed E-state index contributed by atoms with van der Waals surface area (Å²) < 4.78 is 0. The molecule has 1 aromatic carbocycles. The molecule has 2 aliphatic rings. The monoisotopic (exact) mass is 278 g/mol. The van der Waals surface area contributed by atoms with Crippen molar-refractivity contribution in [3.05, 3.63) is 34.9 Å². The van der Waals surface area contributed by atoms with E-state index < -0.39 is 0 Å². The summed E-state index contributed by atoms with van der Waals surface area (Å²) in [4.78, 5) is 2.42. The van der Waals surface area contributed by atoms with Crippen molar-refractivity contribution in [2.24, 2.45) is 0 Å². The van der Waals surface area contributed by atoms with Gasteiger partial charge in [-0.3, -0.25) is 0 Å². The molecule has 1 aliphatic heterocycles. The SMILES string of the molecule is CN1CCC(NC2CC(c3ccccc3Cl)C2)CC1. The normalized spacial score (nSPS) is 29.2. The van der Waals surface area contributed by atoms with Crippen molar-refractivity contribution in [3.63, 3.8) is 0 Å². The van der Waals surface area contributed by atoms with E-state index in [0.717, 1.165) is 11.1 Å². The molecule has 1 aliphatic carbocycles. The number of benzene rings is 1. The second-order valence-electron chi connectivity index (χ2n) is 6.13. The van der Waals surface area contributed by atoms with E-state index in [1.54, 1.807) is 0 Å². The van der Waals surface area contributed by atoms with E-state index in [2.05, 4.69) is 29.4 Å². The molecule has 1 heterocycles. The Balaban J connectivity index is 1.47. The molecule has 1 N–H and O–H groups in total. The van der Waals surface area contributed by atoms with Gasteiger partial charge >= 0.3 is 0 Å². The van der Waals surface area contributed by atoms with Gasteiger partial charge in [-0.25, -0.2) is 0 Å². The maximum Gasteiger partial charge on any atom is 0.0440 e. The number of rotatable bonds is 3. The Kier molecular flexibility index (Phi) is 4.11. The largest absolute Gasteiger partial charge is 0.311 e. The van der Waals surface area contributed by atoms with E-state index in [4.69, 9.17) is 11.6 Å². The van der Waals surface area contributed by atoms with E-state index >= 15 is 0 Å². The van der Waals surface area contributed by atoms with Crippen molar-refractivity contribution in [2.75, 3.05) is 20.1 Å². The Morgan fingerprint density at radius 2 is 1.79 bits per heavy atom. The molecule has 104 valence electrons. The van der Waals surface area contributed by atoms with Gasteiger partial charge in [0.05, 0.1) is 0 Å². The molecule has 0 radical (unpaired) electrons. The van der Waals surface area contributed by atoms with E-state index in [1.165, 1.54) is 44.3 Å². The molecule has 3 rings (SSSR count). The number of nitrogens with zero attached hydrogens (tertiary/aromatic N) is 1. The van der Waals surface area contributed by atoms with Crippen molar-refractivity contribution in [3.8, 4) is 0 Å². The molecule has 2 fully saturated rings. The standard InChI is InChI=1S/C16H23ClN2/c1-19-8-6-13(7-9-19)18-14-10-12(11-14)15-4-2-3-5-16(15)17/h2-5,12-14,18H,6-11H2,1H3. The molecule has 3 heteroatoms. The number of likely N-dealkylation sites (tertiary alicyclic amines) is 1. The topological polar surface area (TPSA) is 15.3 Å². The van der Waals surface area contributed by atoms with Gasteiger partial charge in [-0.1, -0.05) is 29.8 Å². The van der Waals surface area contributed by atoms with Crippen LogP contribution in [0.2, 0.25) is 5.02 Å². The number of hydrogen-bond acceptors (Lipinski definition) is 2. The number of nitrogens with one attached hydrogen (secondary N) is 1. The molecule has 19 heavy (non-hydrogen) atoms. The van der Waals surface area contributed by atoms with Crippen LogP contribution in [0.5, 0.6) is 0 Å². The average molecular weight is 279 g/mol. The van der Waals surface area contributed by atoms with Crippen LogP contribution in [0.15, 0.2) is 24.3 Å². The lowest BCUT2D eigenvalue weighted by Crippen LogP contribution is -2.49. The van der Waals surface area contributed by atoms with Crippen LogP contribution in [0, 0.1) is 0 Å². The lowest BCUT2D eigenvalue weighted by Gasteiger charge is -2.41. The van der Waals surface area contributed by atoms with Crippen LogP contribution in [-0.4, -0.2) is 37.1 Å². The predicted octanol–water partition coefficient (Wildman–Crippen LogP) is 3.27. The zero-order chi connectivity index (χ0) is 13.2. The zero-order valence-electron chi connectivity index (χ0n) is 11.6. The lowest BCUT2D eigenvalue weighted by molar-refractivity contribution is 0.192. The summed E-state index contributed by atoms with van der Waals surface area (Å²) in [6, 6.07) is 9.73. The van der Waals surface area contributed by atoms with Crippen LogP contribution >= 0.6 is 11.6 Å². The first-order valence-electron chi connectivity index (χ1n) is 7.41. The van der Waals surface area contributed by atoms with Crippen molar-refractivity contribution >= 4 is 11.6 Å². The van der Waals surface area contributed by atoms with Crippen LogP contribution in [-0.2, 0) is 0 Å². The highest BCUT2D eigenvalue weighted by molar-refractivity contribution is 6.31. The van der Waals surface area contributed by atoms with Crippen LogP contribution in [0.4, 0.5) is 0 Å². The molecule has 1 saturated carbocycles. The van der Waals surface area contributed by atoms with Gasteiger partial charge in [0.25, 0.3) is 0 Å². The van der Waals surface area contributed by atoms with E-state index in [0.29, 0.717) is 12.0 Å². The van der Waals surface area contributed by atoms with Crippen LogP contribution < -0.4 is 5.32 Å². The van der Waals surface area contributed by atoms with Crippen molar-refractivity contribution in [2.45, 2.75) is 43.7 Å². The number of piperidine rings is 1. The molecule has 0 atom stereocenters. The minimum absolute atomic E-state index is 0.664. The van der Waals surface area contributed by atoms with E-state index in [1.807, 2.05) is 12.1 Å². The van der Waals surface area contributed by atoms with Gasteiger partial charge < -0.3 is 10.2 Å². The molecular formula is C16H23ClN2. The summed E-state index contributed by atoms with van der Waals surface area (Å²) in [6.45, 7) is 2.47. The summed E-state index contributed by atoms with van der Waals surface area (Å²) >= 11 is 6.26. The van der Waals surface area contributed by atoms with Crippen molar-refractivity contribution in [1.29, 1.82) is 0 Å². The molecule has 2 nitrogen and oxygen atoms in total. The smallest absolute Gasteiger partial charge is 0.0440 e. The summed E-state index contributed by atoms with van der Waals surface area (Å²) in [6.07, 6.45) is 5.08. The predicted molar refractivity (Wildman–Crippen MR) is 80.9 cm³/mol. The van der Waals surface area contributed by atoms with Crippen LogP contribution in [0.1, 0.15) is 37.2 Å². The quantitative estimate of drug-likeness (QED) is 0.913. The molecule has 0 spiro atoms. The third-order valence-corrected chi connectivity index (χ3v) is 5.02. The summed E-state index contributed by atoms with van der Waals surface area (Å²) in [5.41, 5.74) is 1.34. The maximum atomic E-state index is 6.26. The fourth-order valence-electron chi connectivity index (χ4n) is 3.32. The lowest BCUT2D eigenvalue weighted by atomic mass is 9.75. The highest BCUT2D eigenvalue weighted by Gasteiger charge is 2.33. The first-order valence-corrected chi connectivity index (χ1v) is 7.79. The minimum atomic E-state index is 0.664. The van der Waals surface area contributed by atoms with E-state index in [-0.39, 0.29) is 0 Å².